The van der Waals surface area contributed by atoms with Crippen molar-refractivity contribution in [1.29, 1.82) is 0 Å². The minimum Gasteiger partial charge on any atom is -0.445 e. The van der Waals surface area contributed by atoms with Gasteiger partial charge in [0.25, 0.3) is 5.69 Å². The first-order valence-corrected chi connectivity index (χ1v) is 10.2. The third kappa shape index (κ3) is 5.21. The summed E-state index contributed by atoms with van der Waals surface area (Å²) >= 11 is 6.04. The highest BCUT2D eigenvalue weighted by Crippen LogP contribution is 2.27. The average Bonchev–Trinajstić information content (AvgIpc) is 3.26. The van der Waals surface area contributed by atoms with Gasteiger partial charge in [0.05, 0.1) is 15.6 Å². The first kappa shape index (κ1) is 20.6. The number of likely N-dealkylation sites (tertiary alicyclic amines) is 1. The van der Waals surface area contributed by atoms with E-state index in [9.17, 15) is 14.9 Å². The number of thiol groups is 1. The SMILES string of the molecule is O=C(OCc1ccc([N+](=O)[O-])cc1)N1C[C@@H](S)C[C@H]1Cc1nc(CCO)cs1. The van der Waals surface area contributed by atoms with Crippen LogP contribution in [0.5, 0.6) is 0 Å². The van der Waals surface area contributed by atoms with Crippen molar-refractivity contribution in [3.05, 3.63) is 56.0 Å². The van der Waals surface area contributed by atoms with Gasteiger partial charge in [-0.3, -0.25) is 10.1 Å². The molecule has 1 aliphatic heterocycles. The topological polar surface area (TPSA) is 106 Å². The Bertz CT molecular complexity index is 827. The number of hydrogen-bond acceptors (Lipinski definition) is 8. The van der Waals surface area contributed by atoms with Gasteiger partial charge in [0.2, 0.25) is 0 Å². The summed E-state index contributed by atoms with van der Waals surface area (Å²) in [4.78, 5) is 29.0. The fourth-order valence-corrected chi connectivity index (χ4v) is 4.45. The number of rotatable bonds is 7. The Morgan fingerprint density at radius 2 is 2.18 bits per heavy atom. The van der Waals surface area contributed by atoms with E-state index in [0.29, 0.717) is 24.9 Å². The molecule has 150 valence electrons. The minimum absolute atomic E-state index is 0.00313. The summed E-state index contributed by atoms with van der Waals surface area (Å²) in [5.74, 6) is 0. The Kier molecular flexibility index (Phi) is 6.87. The molecule has 1 aromatic heterocycles. The molecule has 1 saturated heterocycles. The van der Waals surface area contributed by atoms with Crippen molar-refractivity contribution >= 4 is 35.7 Å². The Morgan fingerprint density at radius 3 is 2.86 bits per heavy atom. The fourth-order valence-electron chi connectivity index (χ4n) is 3.12. The van der Waals surface area contributed by atoms with E-state index >= 15 is 0 Å². The largest absolute Gasteiger partial charge is 0.445 e. The van der Waals surface area contributed by atoms with Crippen LogP contribution in [-0.2, 0) is 24.2 Å². The molecule has 0 unspecified atom stereocenters. The summed E-state index contributed by atoms with van der Waals surface area (Å²) in [5.41, 5.74) is 1.54. The lowest BCUT2D eigenvalue weighted by molar-refractivity contribution is -0.384. The number of non-ortho nitro benzene ring substituents is 1. The zero-order chi connectivity index (χ0) is 20.1. The standard InChI is InChI=1S/C18H21N3O5S2/c22-6-5-13-11-28-17(19-13)8-15-7-16(27)9-20(15)18(23)26-10-12-1-3-14(4-2-12)21(24)25/h1-4,11,15-16,22,27H,5-10H2/t15-,16-/m0/s1. The van der Waals surface area contributed by atoms with Gasteiger partial charge in [0, 0.05) is 54.8 Å². The summed E-state index contributed by atoms with van der Waals surface area (Å²) in [6.07, 6.45) is 1.48. The van der Waals surface area contributed by atoms with Crippen LogP contribution in [0.1, 0.15) is 22.7 Å². The van der Waals surface area contributed by atoms with Crippen LogP contribution in [0.25, 0.3) is 0 Å². The van der Waals surface area contributed by atoms with Gasteiger partial charge in [-0.2, -0.15) is 12.6 Å². The van der Waals surface area contributed by atoms with E-state index in [-0.39, 0.29) is 30.2 Å². The zero-order valence-corrected chi connectivity index (χ0v) is 16.8. The Hall–Kier alpha value is -2.17. The lowest BCUT2D eigenvalue weighted by Crippen LogP contribution is -2.37. The number of nitrogens with zero attached hydrogens (tertiary/aromatic N) is 3. The van der Waals surface area contributed by atoms with Gasteiger partial charge in [-0.15, -0.1) is 11.3 Å². The number of benzene rings is 1. The molecule has 2 atom stereocenters. The van der Waals surface area contributed by atoms with Gasteiger partial charge in [-0.05, 0) is 24.1 Å². The van der Waals surface area contributed by atoms with Crippen LogP contribution in [0.3, 0.4) is 0 Å². The highest BCUT2D eigenvalue weighted by Gasteiger charge is 2.35. The van der Waals surface area contributed by atoms with Gasteiger partial charge in [-0.25, -0.2) is 9.78 Å². The maximum Gasteiger partial charge on any atom is 0.410 e. The van der Waals surface area contributed by atoms with Crippen LogP contribution in [0.15, 0.2) is 29.6 Å². The van der Waals surface area contributed by atoms with Crippen LogP contribution in [-0.4, -0.2) is 50.5 Å². The van der Waals surface area contributed by atoms with Gasteiger partial charge in [-0.1, -0.05) is 0 Å². The van der Waals surface area contributed by atoms with E-state index in [2.05, 4.69) is 17.6 Å². The molecule has 1 aliphatic rings. The maximum absolute atomic E-state index is 12.6. The summed E-state index contributed by atoms with van der Waals surface area (Å²) < 4.78 is 5.41. The normalized spacial score (nSPS) is 19.0. The smallest absolute Gasteiger partial charge is 0.410 e. The monoisotopic (exact) mass is 423 g/mol. The van der Waals surface area contributed by atoms with Gasteiger partial charge in [0.15, 0.2) is 0 Å². The first-order valence-electron chi connectivity index (χ1n) is 8.85. The van der Waals surface area contributed by atoms with E-state index in [0.717, 1.165) is 17.1 Å². The molecule has 10 heteroatoms. The maximum atomic E-state index is 12.6. The molecule has 28 heavy (non-hydrogen) atoms. The fraction of sp³-hybridized carbons (Fsp3) is 0.444. The molecule has 2 aromatic rings. The van der Waals surface area contributed by atoms with Crippen molar-refractivity contribution in [2.75, 3.05) is 13.2 Å². The van der Waals surface area contributed by atoms with Crippen molar-refractivity contribution < 1.29 is 19.6 Å². The van der Waals surface area contributed by atoms with Crippen LogP contribution in [0.4, 0.5) is 10.5 Å². The second-order valence-corrected chi connectivity index (χ2v) is 8.26. The molecule has 0 saturated carbocycles. The highest BCUT2D eigenvalue weighted by atomic mass is 32.1. The second kappa shape index (κ2) is 9.35. The summed E-state index contributed by atoms with van der Waals surface area (Å²) in [6.45, 7) is 0.614. The summed E-state index contributed by atoms with van der Waals surface area (Å²) in [5, 5.41) is 22.6. The quantitative estimate of drug-likeness (QED) is 0.403. The van der Waals surface area contributed by atoms with Gasteiger partial charge < -0.3 is 14.7 Å². The van der Waals surface area contributed by atoms with E-state index in [1.165, 1.54) is 23.5 Å². The van der Waals surface area contributed by atoms with E-state index in [1.54, 1.807) is 17.0 Å². The summed E-state index contributed by atoms with van der Waals surface area (Å²) in [7, 11) is 0. The number of aliphatic hydroxyl groups excluding tert-OH is 1. The molecular formula is C18H21N3O5S2. The van der Waals surface area contributed by atoms with E-state index < -0.39 is 11.0 Å². The van der Waals surface area contributed by atoms with E-state index in [1.807, 2.05) is 5.38 Å². The lowest BCUT2D eigenvalue weighted by atomic mass is 10.1. The van der Waals surface area contributed by atoms with Crippen LogP contribution in [0, 0.1) is 10.1 Å². The number of ether oxygens (including phenoxy) is 1. The number of nitro groups is 1. The predicted octanol–water partition coefficient (Wildman–Crippen LogP) is 2.84. The molecule has 0 radical (unpaired) electrons. The average molecular weight is 424 g/mol. The Labute approximate surface area is 171 Å². The number of thiazole rings is 1. The zero-order valence-electron chi connectivity index (χ0n) is 15.1. The lowest BCUT2D eigenvalue weighted by Gasteiger charge is -2.23. The number of hydrogen-bond donors (Lipinski definition) is 2. The van der Waals surface area contributed by atoms with Crippen LogP contribution in [0.2, 0.25) is 0 Å². The van der Waals surface area contributed by atoms with Crippen LogP contribution < -0.4 is 0 Å². The molecule has 2 heterocycles. The van der Waals surface area contributed by atoms with Crippen molar-refractivity contribution in [2.24, 2.45) is 0 Å². The highest BCUT2D eigenvalue weighted by molar-refractivity contribution is 7.81. The third-order valence-corrected chi connectivity index (χ3v) is 5.81. The Morgan fingerprint density at radius 1 is 1.43 bits per heavy atom. The molecule has 0 spiro atoms. The number of nitro benzene ring substituents is 1. The minimum atomic E-state index is -0.470. The molecule has 1 fully saturated rings. The number of aromatic nitrogens is 1. The summed E-state index contributed by atoms with van der Waals surface area (Å²) in [6, 6.07) is 5.88. The molecule has 0 bridgehead atoms. The van der Waals surface area contributed by atoms with Crippen molar-refractivity contribution in [3.8, 4) is 0 Å². The van der Waals surface area contributed by atoms with Gasteiger partial charge in [0.1, 0.15) is 6.61 Å². The molecule has 0 aliphatic carbocycles. The third-order valence-electron chi connectivity index (χ3n) is 4.51. The number of carbonyl (C=O) groups excluding carboxylic acids is 1. The Balaban J connectivity index is 1.58. The van der Waals surface area contributed by atoms with Crippen molar-refractivity contribution in [3.63, 3.8) is 0 Å². The number of amides is 1. The van der Waals surface area contributed by atoms with E-state index in [4.69, 9.17) is 9.84 Å². The molecule has 1 N–H and O–H groups in total. The molecular weight excluding hydrogens is 402 g/mol. The van der Waals surface area contributed by atoms with Crippen LogP contribution >= 0.6 is 24.0 Å². The molecule has 8 nitrogen and oxygen atoms in total. The molecule has 1 aromatic carbocycles. The van der Waals surface area contributed by atoms with Crippen molar-refractivity contribution in [1.82, 2.24) is 9.88 Å². The predicted molar refractivity (Wildman–Crippen MR) is 108 cm³/mol. The first-order chi connectivity index (χ1) is 13.5. The molecule has 3 rings (SSSR count). The number of aliphatic hydroxyl groups is 1. The van der Waals surface area contributed by atoms with Crippen molar-refractivity contribution in [2.45, 2.75) is 37.2 Å². The number of carbonyl (C=O) groups is 1. The second-order valence-electron chi connectivity index (χ2n) is 6.58. The van der Waals surface area contributed by atoms with Gasteiger partial charge >= 0.3 is 6.09 Å². The molecule has 1 amide bonds.